The van der Waals surface area contributed by atoms with Crippen LogP contribution in [0, 0.1) is 5.41 Å². The Balaban J connectivity index is 1.35. The number of carbonyl (C=O) groups excluding carboxylic acids is 4. The number of ether oxygens (including phenoxy) is 2. The zero-order valence-electron chi connectivity index (χ0n) is 20.3. The minimum absolute atomic E-state index is 0.0572. The van der Waals surface area contributed by atoms with Gasteiger partial charge in [-0.05, 0) is 36.8 Å². The highest BCUT2D eigenvalue weighted by Gasteiger charge is 2.43. The van der Waals surface area contributed by atoms with Gasteiger partial charge in [0, 0.05) is 38.5 Å². The number of fused-ring (bicyclic) bond motifs is 1. The van der Waals surface area contributed by atoms with Gasteiger partial charge < -0.3 is 29.0 Å². The molecular weight excluding hydrogens is 454 g/mol. The molecule has 2 saturated heterocycles. The second kappa shape index (κ2) is 9.97. The quantitative estimate of drug-likeness (QED) is 0.622. The van der Waals surface area contributed by atoms with Crippen LogP contribution < -0.4 is 10.1 Å². The number of hydrogen-bond acceptors (Lipinski definition) is 7. The maximum absolute atomic E-state index is 13.1. The second-order valence-electron chi connectivity index (χ2n) is 9.33. The van der Waals surface area contributed by atoms with Crippen molar-refractivity contribution < 1.29 is 33.1 Å². The average molecular weight is 486 g/mol. The Morgan fingerprint density at radius 3 is 2.40 bits per heavy atom. The molecular formula is C25H31N3O7. The smallest absolute Gasteiger partial charge is 0.328 e. The van der Waals surface area contributed by atoms with Gasteiger partial charge in [0.15, 0.2) is 17.1 Å². The minimum atomic E-state index is -0.997. The molecule has 1 aromatic carbocycles. The van der Waals surface area contributed by atoms with Crippen LogP contribution in [-0.4, -0.2) is 79.9 Å². The molecule has 2 fully saturated rings. The van der Waals surface area contributed by atoms with Gasteiger partial charge >= 0.3 is 5.97 Å². The monoisotopic (exact) mass is 485 g/mol. The molecule has 0 radical (unpaired) electrons. The van der Waals surface area contributed by atoms with E-state index in [4.69, 9.17) is 13.9 Å². The Kier molecular flexibility index (Phi) is 7.00. The Morgan fingerprint density at radius 2 is 1.77 bits per heavy atom. The maximum atomic E-state index is 13.1. The molecule has 0 saturated carbocycles. The van der Waals surface area contributed by atoms with Crippen molar-refractivity contribution in [1.29, 1.82) is 0 Å². The molecule has 2 aromatic rings. The third-order valence-corrected chi connectivity index (χ3v) is 7.08. The predicted molar refractivity (Wildman–Crippen MR) is 126 cm³/mol. The van der Waals surface area contributed by atoms with Crippen LogP contribution in [0.5, 0.6) is 5.75 Å². The summed E-state index contributed by atoms with van der Waals surface area (Å²) >= 11 is 0. The van der Waals surface area contributed by atoms with Crippen LogP contribution >= 0.6 is 0 Å². The lowest BCUT2D eigenvalue weighted by Crippen LogP contribution is -2.46. The number of nitrogens with one attached hydrogen (secondary N) is 1. The first-order valence-electron chi connectivity index (χ1n) is 11.7. The van der Waals surface area contributed by atoms with Gasteiger partial charge in [-0.25, -0.2) is 4.79 Å². The van der Waals surface area contributed by atoms with Crippen molar-refractivity contribution >= 4 is 34.7 Å². The predicted octanol–water partition coefficient (Wildman–Crippen LogP) is 1.96. The van der Waals surface area contributed by atoms with Crippen molar-refractivity contribution in [2.45, 2.75) is 38.6 Å². The summed E-state index contributed by atoms with van der Waals surface area (Å²) < 4.78 is 15.9. The van der Waals surface area contributed by atoms with Gasteiger partial charge in [0.05, 0.1) is 20.6 Å². The number of para-hydroxylation sites is 1. The molecule has 1 aromatic heterocycles. The van der Waals surface area contributed by atoms with Crippen molar-refractivity contribution in [3.8, 4) is 5.75 Å². The Hall–Kier alpha value is -3.56. The molecule has 3 amide bonds. The van der Waals surface area contributed by atoms with E-state index < -0.39 is 17.9 Å². The number of esters is 1. The van der Waals surface area contributed by atoms with E-state index in [0.29, 0.717) is 37.5 Å². The van der Waals surface area contributed by atoms with Gasteiger partial charge in [0.1, 0.15) is 6.04 Å². The van der Waals surface area contributed by atoms with Crippen LogP contribution in [0.4, 0.5) is 0 Å². The van der Waals surface area contributed by atoms with Crippen molar-refractivity contribution in [3.63, 3.8) is 0 Å². The first kappa shape index (κ1) is 24.6. The van der Waals surface area contributed by atoms with Crippen molar-refractivity contribution in [3.05, 3.63) is 30.0 Å². The normalized spacial score (nSPS) is 17.9. The van der Waals surface area contributed by atoms with E-state index in [1.165, 1.54) is 14.0 Å². The molecule has 0 unspecified atom stereocenters. The van der Waals surface area contributed by atoms with Gasteiger partial charge in [0.2, 0.25) is 11.8 Å². The number of nitrogens with zero attached hydrogens (tertiary/aromatic N) is 2. The van der Waals surface area contributed by atoms with E-state index in [1.807, 2.05) is 12.1 Å². The summed E-state index contributed by atoms with van der Waals surface area (Å²) in [5.74, 6) is -0.511. The van der Waals surface area contributed by atoms with Crippen molar-refractivity contribution in [2.24, 2.45) is 5.41 Å². The molecule has 4 rings (SSSR count). The highest BCUT2D eigenvalue weighted by molar-refractivity contribution is 5.97. The van der Waals surface area contributed by atoms with Gasteiger partial charge in [-0.3, -0.25) is 14.4 Å². The van der Waals surface area contributed by atoms with E-state index >= 15 is 0 Å². The molecule has 0 bridgehead atoms. The fourth-order valence-electron chi connectivity index (χ4n) is 5.08. The number of likely N-dealkylation sites (tertiary alicyclic amines) is 2. The van der Waals surface area contributed by atoms with Crippen LogP contribution in [0.15, 0.2) is 28.7 Å². The third kappa shape index (κ3) is 5.11. The summed E-state index contributed by atoms with van der Waals surface area (Å²) in [6, 6.07) is 6.27. The maximum Gasteiger partial charge on any atom is 0.328 e. The van der Waals surface area contributed by atoms with E-state index in [-0.39, 0.29) is 29.4 Å². The highest BCUT2D eigenvalue weighted by Crippen LogP contribution is 2.41. The molecule has 2 aliphatic rings. The first-order chi connectivity index (χ1) is 16.7. The molecule has 188 valence electrons. The lowest BCUT2D eigenvalue weighted by Gasteiger charge is -2.39. The first-order valence-corrected chi connectivity index (χ1v) is 11.7. The molecule has 3 heterocycles. The van der Waals surface area contributed by atoms with Gasteiger partial charge in [-0.2, -0.15) is 0 Å². The molecule has 0 aliphatic carbocycles. The van der Waals surface area contributed by atoms with Crippen molar-refractivity contribution in [1.82, 2.24) is 15.1 Å². The van der Waals surface area contributed by atoms with Crippen LogP contribution in [0.3, 0.4) is 0 Å². The molecule has 10 nitrogen and oxygen atoms in total. The fraction of sp³-hybridized carbons (Fsp3) is 0.520. The topological polar surface area (TPSA) is 118 Å². The standard InChI is InChI=1S/C25H31N3O7/c1-16(29)26-18(24(32)34-3)14-21(30)28-12-9-25(15-28)7-10-27(11-8-25)23(31)20-13-17-5-4-6-19(33-2)22(17)35-20/h4-6,13,18H,7-12,14-15H2,1-3H3,(H,26,29)/t18-/m0/s1. The summed E-state index contributed by atoms with van der Waals surface area (Å²) in [6.07, 6.45) is 2.25. The molecule has 1 spiro atoms. The zero-order chi connectivity index (χ0) is 25.2. The van der Waals surface area contributed by atoms with Crippen LogP contribution in [0.1, 0.15) is 43.2 Å². The summed E-state index contributed by atoms with van der Waals surface area (Å²) in [5, 5.41) is 3.30. The number of rotatable bonds is 6. The number of benzene rings is 1. The lowest BCUT2D eigenvalue weighted by atomic mass is 9.77. The SMILES string of the molecule is COC(=O)[C@H](CC(=O)N1CCC2(CCN(C(=O)c3cc4cccc(OC)c4o3)CC2)C1)NC(C)=O. The summed E-state index contributed by atoms with van der Waals surface area (Å²) in [7, 11) is 2.79. The molecule has 1 N–H and O–H groups in total. The summed E-state index contributed by atoms with van der Waals surface area (Å²) in [4.78, 5) is 52.8. The fourth-order valence-corrected chi connectivity index (χ4v) is 5.08. The van der Waals surface area contributed by atoms with Crippen LogP contribution in [0.25, 0.3) is 11.0 Å². The number of hydrogen-bond donors (Lipinski definition) is 1. The number of piperidine rings is 1. The number of carbonyl (C=O) groups is 4. The lowest BCUT2D eigenvalue weighted by molar-refractivity contribution is -0.147. The van der Waals surface area contributed by atoms with Crippen LogP contribution in [-0.2, 0) is 19.1 Å². The van der Waals surface area contributed by atoms with Gasteiger partial charge in [-0.15, -0.1) is 0 Å². The number of furan rings is 1. The largest absolute Gasteiger partial charge is 0.493 e. The van der Waals surface area contributed by atoms with E-state index in [0.717, 1.165) is 24.6 Å². The number of amides is 3. The zero-order valence-corrected chi connectivity index (χ0v) is 20.3. The second-order valence-corrected chi connectivity index (χ2v) is 9.33. The summed E-state index contributed by atoms with van der Waals surface area (Å²) in [6.45, 7) is 3.60. The highest BCUT2D eigenvalue weighted by atomic mass is 16.5. The van der Waals surface area contributed by atoms with Gasteiger partial charge in [-0.1, -0.05) is 12.1 Å². The third-order valence-electron chi connectivity index (χ3n) is 7.08. The average Bonchev–Trinajstić information content (AvgIpc) is 3.47. The van der Waals surface area contributed by atoms with E-state index in [9.17, 15) is 19.2 Å². The summed E-state index contributed by atoms with van der Waals surface area (Å²) in [5.41, 5.74) is 0.500. The Morgan fingerprint density at radius 1 is 1.09 bits per heavy atom. The van der Waals surface area contributed by atoms with E-state index in [2.05, 4.69) is 5.32 Å². The molecule has 10 heteroatoms. The minimum Gasteiger partial charge on any atom is -0.493 e. The Bertz CT molecular complexity index is 1130. The molecule has 1 atom stereocenters. The Labute approximate surface area is 203 Å². The van der Waals surface area contributed by atoms with Gasteiger partial charge in [0.25, 0.3) is 5.91 Å². The molecule has 2 aliphatic heterocycles. The molecule has 35 heavy (non-hydrogen) atoms. The van der Waals surface area contributed by atoms with Crippen LogP contribution in [0.2, 0.25) is 0 Å². The number of methoxy groups -OCH3 is 2. The van der Waals surface area contributed by atoms with E-state index in [1.54, 1.807) is 29.0 Å². The van der Waals surface area contributed by atoms with Crippen molar-refractivity contribution in [2.75, 3.05) is 40.4 Å².